The molecule has 6 nitrogen and oxygen atoms in total. The van der Waals surface area contributed by atoms with Crippen molar-refractivity contribution in [2.24, 2.45) is 0 Å². The van der Waals surface area contributed by atoms with Gasteiger partial charge in [0.2, 0.25) is 0 Å². The van der Waals surface area contributed by atoms with Gasteiger partial charge in [-0.2, -0.15) is 0 Å². The molecule has 3 aromatic rings. The Kier molecular flexibility index (Phi) is 8.43. The van der Waals surface area contributed by atoms with Crippen LogP contribution in [-0.4, -0.2) is 29.7 Å². The van der Waals surface area contributed by atoms with Crippen molar-refractivity contribution in [2.45, 2.75) is 33.7 Å². The number of carbonyl (C=O) groups is 1. The minimum Gasteiger partial charge on any atom is -0.505 e. The lowest BCUT2D eigenvalue weighted by atomic mass is 10.1. The van der Waals surface area contributed by atoms with Crippen LogP contribution in [0.4, 0.5) is 0 Å². The number of pyridine rings is 1. The topological polar surface area (TPSA) is 80.7 Å². The maximum absolute atomic E-state index is 12.1. The third kappa shape index (κ3) is 5.68. The van der Waals surface area contributed by atoms with Crippen LogP contribution in [0.5, 0.6) is 17.2 Å². The Morgan fingerprint density at radius 2 is 1.72 bits per heavy atom. The maximum atomic E-state index is 12.1. The van der Waals surface area contributed by atoms with Crippen LogP contribution in [0.2, 0.25) is 0 Å². The first-order chi connectivity index (χ1) is 14.0. The fourth-order valence-corrected chi connectivity index (χ4v) is 2.68. The van der Waals surface area contributed by atoms with Gasteiger partial charge in [0.15, 0.2) is 11.4 Å². The molecule has 0 amide bonds. The first-order valence-corrected chi connectivity index (χ1v) is 9.75. The summed E-state index contributed by atoms with van der Waals surface area (Å²) in [5, 5.41) is 14.7. The molecule has 0 aliphatic heterocycles. The molecule has 0 saturated carbocycles. The summed E-state index contributed by atoms with van der Waals surface area (Å²) < 4.78 is 10.8. The summed E-state index contributed by atoms with van der Waals surface area (Å²) in [6, 6.07) is 14.7. The Labute approximate surface area is 171 Å². The SMILES string of the molecule is CCC.CCOC(=O)c1nc(CNC)c2cc(Oc3ccccc3)ccc2c1O. The molecule has 0 unspecified atom stereocenters. The zero-order chi connectivity index (χ0) is 21.2. The normalized spacial score (nSPS) is 10.2. The minimum atomic E-state index is -0.645. The highest BCUT2D eigenvalue weighted by Crippen LogP contribution is 2.34. The van der Waals surface area contributed by atoms with E-state index < -0.39 is 5.97 Å². The second-order valence-electron chi connectivity index (χ2n) is 6.34. The van der Waals surface area contributed by atoms with E-state index in [9.17, 15) is 9.90 Å². The van der Waals surface area contributed by atoms with Crippen LogP contribution in [0.25, 0.3) is 10.8 Å². The molecular formula is C23H28N2O4. The molecule has 0 spiro atoms. The van der Waals surface area contributed by atoms with Gasteiger partial charge in [0.25, 0.3) is 0 Å². The highest BCUT2D eigenvalue weighted by atomic mass is 16.5. The number of nitrogens with one attached hydrogen (secondary N) is 1. The van der Waals surface area contributed by atoms with Gasteiger partial charge in [-0.3, -0.25) is 0 Å². The molecule has 0 bridgehead atoms. The Balaban J connectivity index is 0.000000941. The second-order valence-corrected chi connectivity index (χ2v) is 6.34. The molecular weight excluding hydrogens is 368 g/mol. The van der Waals surface area contributed by atoms with Crippen LogP contribution < -0.4 is 10.1 Å². The van der Waals surface area contributed by atoms with Crippen molar-refractivity contribution in [1.82, 2.24) is 10.3 Å². The molecule has 0 aliphatic rings. The quantitative estimate of drug-likeness (QED) is 0.568. The van der Waals surface area contributed by atoms with E-state index in [2.05, 4.69) is 24.1 Å². The number of hydrogen-bond acceptors (Lipinski definition) is 6. The highest BCUT2D eigenvalue weighted by molar-refractivity contribution is 6.00. The summed E-state index contributed by atoms with van der Waals surface area (Å²) in [6.07, 6.45) is 1.25. The first kappa shape index (κ1) is 22.2. The van der Waals surface area contributed by atoms with E-state index in [1.807, 2.05) is 30.3 Å². The Bertz CT molecular complexity index is 943. The molecule has 0 saturated heterocycles. The summed E-state index contributed by atoms with van der Waals surface area (Å²) in [5.41, 5.74) is 0.545. The largest absolute Gasteiger partial charge is 0.505 e. The van der Waals surface area contributed by atoms with Crippen molar-refractivity contribution in [3.05, 3.63) is 59.9 Å². The van der Waals surface area contributed by atoms with E-state index in [0.717, 1.165) is 0 Å². The average molecular weight is 396 g/mol. The van der Waals surface area contributed by atoms with Crippen LogP contribution in [0.3, 0.4) is 0 Å². The number of benzene rings is 2. The number of hydrogen-bond donors (Lipinski definition) is 2. The molecule has 0 radical (unpaired) electrons. The summed E-state index contributed by atoms with van der Waals surface area (Å²) in [7, 11) is 1.79. The van der Waals surface area contributed by atoms with E-state index in [1.165, 1.54) is 6.42 Å². The number of rotatable bonds is 6. The van der Waals surface area contributed by atoms with E-state index in [1.54, 1.807) is 32.2 Å². The van der Waals surface area contributed by atoms with Gasteiger partial charge >= 0.3 is 5.97 Å². The van der Waals surface area contributed by atoms with Crippen LogP contribution in [-0.2, 0) is 11.3 Å². The number of nitrogens with zero attached hydrogens (tertiary/aromatic N) is 1. The highest BCUT2D eigenvalue weighted by Gasteiger charge is 2.20. The lowest BCUT2D eigenvalue weighted by molar-refractivity contribution is 0.0516. The summed E-state index contributed by atoms with van der Waals surface area (Å²) in [4.78, 5) is 16.4. The first-order valence-electron chi connectivity index (χ1n) is 9.75. The fraction of sp³-hybridized carbons (Fsp3) is 0.304. The molecule has 3 rings (SSSR count). The molecule has 1 aromatic heterocycles. The number of aromatic hydroxyl groups is 1. The molecule has 6 heteroatoms. The van der Waals surface area contributed by atoms with Gasteiger partial charge in [-0.05, 0) is 44.3 Å². The molecule has 2 N–H and O–H groups in total. The predicted molar refractivity (Wildman–Crippen MR) is 115 cm³/mol. The number of carbonyl (C=O) groups excluding carboxylic acids is 1. The molecule has 1 heterocycles. The van der Waals surface area contributed by atoms with Gasteiger partial charge in [-0.1, -0.05) is 38.5 Å². The van der Waals surface area contributed by atoms with Crippen molar-refractivity contribution in [3.8, 4) is 17.2 Å². The van der Waals surface area contributed by atoms with Gasteiger partial charge in [-0.15, -0.1) is 0 Å². The lowest BCUT2D eigenvalue weighted by Gasteiger charge is -2.13. The van der Waals surface area contributed by atoms with Crippen molar-refractivity contribution >= 4 is 16.7 Å². The number of esters is 1. The standard InChI is InChI=1S/C20H20N2O4.C3H8/c1-3-25-20(24)18-19(23)15-10-9-14(26-13-7-5-4-6-8-13)11-16(15)17(22-18)12-21-2;1-3-2/h4-11,21,23H,3,12H2,1-2H3;3H2,1-2H3. The second kappa shape index (κ2) is 11.0. The molecule has 0 aliphatic carbocycles. The third-order valence-electron chi connectivity index (χ3n) is 3.82. The monoisotopic (exact) mass is 396 g/mol. The Morgan fingerprint density at radius 1 is 1.03 bits per heavy atom. The lowest BCUT2D eigenvalue weighted by Crippen LogP contribution is -2.13. The summed E-state index contributed by atoms with van der Waals surface area (Å²) in [6.45, 7) is 6.60. The smallest absolute Gasteiger partial charge is 0.360 e. The van der Waals surface area contributed by atoms with Gasteiger partial charge in [-0.25, -0.2) is 9.78 Å². The van der Waals surface area contributed by atoms with Crippen molar-refractivity contribution in [3.63, 3.8) is 0 Å². The van der Waals surface area contributed by atoms with E-state index in [4.69, 9.17) is 9.47 Å². The van der Waals surface area contributed by atoms with Crippen molar-refractivity contribution in [1.29, 1.82) is 0 Å². The zero-order valence-corrected chi connectivity index (χ0v) is 17.4. The number of aromatic nitrogens is 1. The third-order valence-corrected chi connectivity index (χ3v) is 3.82. The van der Waals surface area contributed by atoms with Crippen LogP contribution in [0.15, 0.2) is 48.5 Å². The van der Waals surface area contributed by atoms with Gasteiger partial charge in [0, 0.05) is 17.3 Å². The van der Waals surface area contributed by atoms with Gasteiger partial charge < -0.3 is 19.9 Å². The molecule has 2 aromatic carbocycles. The van der Waals surface area contributed by atoms with Crippen molar-refractivity contribution < 1.29 is 19.4 Å². The van der Waals surface area contributed by atoms with Crippen LogP contribution >= 0.6 is 0 Å². The van der Waals surface area contributed by atoms with Crippen LogP contribution in [0, 0.1) is 0 Å². The molecule has 0 atom stereocenters. The summed E-state index contributed by atoms with van der Waals surface area (Å²) >= 11 is 0. The molecule has 0 fully saturated rings. The van der Waals surface area contributed by atoms with Gasteiger partial charge in [0.1, 0.15) is 11.5 Å². The van der Waals surface area contributed by atoms with Gasteiger partial charge in [0.05, 0.1) is 12.3 Å². The zero-order valence-electron chi connectivity index (χ0n) is 17.4. The number of para-hydroxylation sites is 1. The number of ether oxygens (including phenoxy) is 2. The Morgan fingerprint density at radius 3 is 2.34 bits per heavy atom. The molecule has 29 heavy (non-hydrogen) atoms. The predicted octanol–water partition coefficient (Wildman–Crippen LogP) is 5.05. The van der Waals surface area contributed by atoms with E-state index in [0.29, 0.717) is 34.5 Å². The summed E-state index contributed by atoms with van der Waals surface area (Å²) in [5.74, 6) is 0.493. The fourth-order valence-electron chi connectivity index (χ4n) is 2.68. The van der Waals surface area contributed by atoms with Crippen LogP contribution in [0.1, 0.15) is 43.4 Å². The van der Waals surface area contributed by atoms with E-state index >= 15 is 0 Å². The Hall–Kier alpha value is -3.12. The number of fused-ring (bicyclic) bond motifs is 1. The minimum absolute atomic E-state index is 0.0821. The average Bonchev–Trinajstić information content (AvgIpc) is 2.71. The maximum Gasteiger partial charge on any atom is 0.360 e. The molecule has 154 valence electrons. The van der Waals surface area contributed by atoms with E-state index in [-0.39, 0.29) is 18.1 Å². The van der Waals surface area contributed by atoms with Crippen molar-refractivity contribution in [2.75, 3.05) is 13.7 Å².